The number of amides is 1. The van der Waals surface area contributed by atoms with Gasteiger partial charge in [0, 0.05) is 13.6 Å². The molecule has 0 saturated heterocycles. The number of aryl methyl sites for hydroxylation is 1. The highest BCUT2D eigenvalue weighted by atomic mass is 16.5. The minimum Gasteiger partial charge on any atom is -0.487 e. The van der Waals surface area contributed by atoms with Gasteiger partial charge in [-0.25, -0.2) is 14.5 Å². The second-order valence-corrected chi connectivity index (χ2v) is 7.00. The molecule has 2 aromatic carbocycles. The molecule has 4 aromatic rings. The molecular formula is C22H22N6O3. The molecule has 0 aliphatic carbocycles. The first-order valence-corrected chi connectivity index (χ1v) is 9.92. The third-order valence-corrected chi connectivity index (χ3v) is 4.86. The third-order valence-electron chi connectivity index (χ3n) is 4.86. The molecule has 0 radical (unpaired) electrons. The van der Waals surface area contributed by atoms with Crippen LogP contribution in [0.1, 0.15) is 19.0 Å². The van der Waals surface area contributed by atoms with Gasteiger partial charge < -0.3 is 9.84 Å². The van der Waals surface area contributed by atoms with E-state index in [0.29, 0.717) is 36.1 Å². The van der Waals surface area contributed by atoms with Crippen LogP contribution in [0.15, 0.2) is 54.6 Å². The van der Waals surface area contributed by atoms with Crippen LogP contribution in [0, 0.1) is 0 Å². The summed E-state index contributed by atoms with van der Waals surface area (Å²) >= 11 is 0. The highest BCUT2D eigenvalue weighted by molar-refractivity contribution is 5.98. The van der Waals surface area contributed by atoms with Crippen LogP contribution in [0.3, 0.4) is 0 Å². The van der Waals surface area contributed by atoms with E-state index in [9.17, 15) is 9.90 Å². The van der Waals surface area contributed by atoms with E-state index in [1.807, 2.05) is 43.3 Å². The van der Waals surface area contributed by atoms with Crippen LogP contribution in [-0.2, 0) is 13.7 Å². The second-order valence-electron chi connectivity index (χ2n) is 7.00. The maximum absolute atomic E-state index is 11.5. The monoisotopic (exact) mass is 418 g/mol. The van der Waals surface area contributed by atoms with Crippen molar-refractivity contribution in [2.45, 2.75) is 20.0 Å². The Bertz CT molecular complexity index is 1220. The molecule has 0 unspecified atom stereocenters. The van der Waals surface area contributed by atoms with Crippen LogP contribution in [0.2, 0.25) is 0 Å². The zero-order valence-electron chi connectivity index (χ0n) is 17.3. The SMILES string of the molecule is CCCN(C(=O)O)c1cccc(COc2ccc3ccccc3c2-c2nnnn2C)n1. The van der Waals surface area contributed by atoms with Crippen molar-refractivity contribution in [2.24, 2.45) is 7.05 Å². The Morgan fingerprint density at radius 2 is 1.97 bits per heavy atom. The van der Waals surface area contributed by atoms with Crippen molar-refractivity contribution in [1.82, 2.24) is 25.2 Å². The Hall–Kier alpha value is -4.01. The van der Waals surface area contributed by atoms with E-state index in [4.69, 9.17) is 4.74 Å². The van der Waals surface area contributed by atoms with Crippen LogP contribution in [0.5, 0.6) is 5.75 Å². The average Bonchev–Trinajstić information content (AvgIpc) is 3.20. The number of fused-ring (bicyclic) bond motifs is 1. The van der Waals surface area contributed by atoms with E-state index in [2.05, 4.69) is 20.5 Å². The number of carbonyl (C=O) groups is 1. The Labute approximate surface area is 178 Å². The number of pyridine rings is 1. The molecule has 31 heavy (non-hydrogen) atoms. The molecule has 1 amide bonds. The lowest BCUT2D eigenvalue weighted by Crippen LogP contribution is -2.30. The molecule has 0 spiro atoms. The molecule has 9 nitrogen and oxygen atoms in total. The summed E-state index contributed by atoms with van der Waals surface area (Å²) in [6, 6.07) is 17.1. The zero-order chi connectivity index (χ0) is 21.8. The Morgan fingerprint density at radius 3 is 2.71 bits per heavy atom. The number of ether oxygens (including phenoxy) is 1. The fraction of sp³-hybridized carbons (Fsp3) is 0.227. The topological polar surface area (TPSA) is 106 Å². The molecule has 9 heteroatoms. The van der Waals surface area contributed by atoms with Crippen molar-refractivity contribution in [3.8, 4) is 17.1 Å². The number of hydrogen-bond acceptors (Lipinski definition) is 6. The Kier molecular flexibility index (Phi) is 5.74. The van der Waals surface area contributed by atoms with Gasteiger partial charge in [0.2, 0.25) is 0 Å². The molecular weight excluding hydrogens is 396 g/mol. The van der Waals surface area contributed by atoms with Gasteiger partial charge >= 0.3 is 6.09 Å². The molecule has 2 aromatic heterocycles. The van der Waals surface area contributed by atoms with E-state index in [0.717, 1.165) is 16.3 Å². The van der Waals surface area contributed by atoms with E-state index in [-0.39, 0.29) is 6.61 Å². The van der Waals surface area contributed by atoms with Gasteiger partial charge in [0.1, 0.15) is 18.2 Å². The van der Waals surface area contributed by atoms with E-state index in [1.54, 1.807) is 29.9 Å². The van der Waals surface area contributed by atoms with Gasteiger partial charge in [-0.2, -0.15) is 0 Å². The van der Waals surface area contributed by atoms with Crippen LogP contribution in [0.25, 0.3) is 22.2 Å². The van der Waals surface area contributed by atoms with E-state index < -0.39 is 6.09 Å². The van der Waals surface area contributed by atoms with Gasteiger partial charge in [-0.3, -0.25) is 4.90 Å². The summed E-state index contributed by atoms with van der Waals surface area (Å²) in [6.07, 6.45) is -0.333. The average molecular weight is 418 g/mol. The maximum atomic E-state index is 11.5. The van der Waals surface area contributed by atoms with Crippen LogP contribution in [0.4, 0.5) is 10.6 Å². The summed E-state index contributed by atoms with van der Waals surface area (Å²) < 4.78 is 7.73. The molecule has 1 N–H and O–H groups in total. The maximum Gasteiger partial charge on any atom is 0.413 e. The number of aromatic nitrogens is 5. The summed E-state index contributed by atoms with van der Waals surface area (Å²) in [5.74, 6) is 1.59. The van der Waals surface area contributed by atoms with Gasteiger partial charge in [0.15, 0.2) is 5.82 Å². The Balaban J connectivity index is 1.67. The first-order chi connectivity index (χ1) is 15.1. The standard InChI is InChI=1S/C22H22N6O3/c1-3-13-28(22(29)30)19-10-6-8-16(23-19)14-31-18-12-11-15-7-4-5-9-17(15)20(18)21-24-25-26-27(21)2/h4-12H,3,13-14H2,1-2H3,(H,29,30). The molecule has 0 aliphatic heterocycles. The minimum absolute atomic E-state index is 0.171. The summed E-state index contributed by atoms with van der Waals surface area (Å²) in [7, 11) is 1.78. The molecule has 158 valence electrons. The largest absolute Gasteiger partial charge is 0.487 e. The first-order valence-electron chi connectivity index (χ1n) is 9.92. The number of tetrazole rings is 1. The minimum atomic E-state index is -1.03. The Morgan fingerprint density at radius 1 is 1.13 bits per heavy atom. The highest BCUT2D eigenvalue weighted by Gasteiger charge is 2.18. The summed E-state index contributed by atoms with van der Waals surface area (Å²) in [4.78, 5) is 17.3. The molecule has 0 atom stereocenters. The number of hydrogen-bond donors (Lipinski definition) is 1. The molecule has 0 fully saturated rings. The normalized spacial score (nSPS) is 10.9. The summed E-state index contributed by atoms with van der Waals surface area (Å²) in [5.41, 5.74) is 1.41. The molecule has 2 heterocycles. The van der Waals surface area contributed by atoms with Crippen molar-refractivity contribution in [1.29, 1.82) is 0 Å². The molecule has 0 saturated carbocycles. The zero-order valence-corrected chi connectivity index (χ0v) is 17.3. The van der Waals surface area contributed by atoms with Crippen LogP contribution < -0.4 is 9.64 Å². The van der Waals surface area contributed by atoms with E-state index >= 15 is 0 Å². The van der Waals surface area contributed by atoms with Gasteiger partial charge in [-0.05, 0) is 45.8 Å². The fourth-order valence-corrected chi connectivity index (χ4v) is 3.42. The van der Waals surface area contributed by atoms with Gasteiger partial charge in [-0.15, -0.1) is 5.10 Å². The van der Waals surface area contributed by atoms with E-state index in [1.165, 1.54) is 4.90 Å². The lowest BCUT2D eigenvalue weighted by atomic mass is 10.0. The number of rotatable bonds is 7. The lowest BCUT2D eigenvalue weighted by molar-refractivity contribution is 0.201. The molecule has 0 bridgehead atoms. The van der Waals surface area contributed by atoms with Crippen molar-refractivity contribution in [3.05, 3.63) is 60.3 Å². The summed E-state index contributed by atoms with van der Waals surface area (Å²) in [6.45, 7) is 2.47. The molecule has 0 aliphatic rings. The predicted octanol–water partition coefficient (Wildman–Crippen LogP) is 3.90. The second kappa shape index (κ2) is 8.78. The number of anilines is 1. The predicted molar refractivity (Wildman–Crippen MR) is 116 cm³/mol. The number of nitrogens with zero attached hydrogens (tertiary/aromatic N) is 6. The van der Waals surface area contributed by atoms with Gasteiger partial charge in [-0.1, -0.05) is 43.3 Å². The number of carboxylic acid groups (broad SMARTS) is 1. The highest BCUT2D eigenvalue weighted by Crippen LogP contribution is 2.36. The van der Waals surface area contributed by atoms with Gasteiger partial charge in [0.25, 0.3) is 0 Å². The smallest absolute Gasteiger partial charge is 0.413 e. The molecule has 4 rings (SSSR count). The van der Waals surface area contributed by atoms with Crippen LogP contribution in [-0.4, -0.2) is 42.9 Å². The fourth-order valence-electron chi connectivity index (χ4n) is 3.42. The first kappa shape index (κ1) is 20.3. The quantitative estimate of drug-likeness (QED) is 0.485. The third kappa shape index (κ3) is 4.16. The lowest BCUT2D eigenvalue weighted by Gasteiger charge is -2.18. The van der Waals surface area contributed by atoms with Crippen molar-refractivity contribution < 1.29 is 14.6 Å². The van der Waals surface area contributed by atoms with Crippen molar-refractivity contribution in [2.75, 3.05) is 11.4 Å². The van der Waals surface area contributed by atoms with Crippen molar-refractivity contribution >= 4 is 22.7 Å². The summed E-state index contributed by atoms with van der Waals surface area (Å²) in [5, 5.41) is 23.4. The van der Waals surface area contributed by atoms with Gasteiger partial charge in [0.05, 0.1) is 11.3 Å². The number of benzene rings is 2. The van der Waals surface area contributed by atoms with Crippen LogP contribution >= 0.6 is 0 Å². The van der Waals surface area contributed by atoms with Crippen molar-refractivity contribution in [3.63, 3.8) is 0 Å².